The van der Waals surface area contributed by atoms with Crippen LogP contribution in [0.2, 0.25) is 0 Å². The molecule has 3 aliphatic heterocycles. The summed E-state index contributed by atoms with van der Waals surface area (Å²) >= 11 is 1.66. The lowest BCUT2D eigenvalue weighted by atomic mass is 9.66. The van der Waals surface area contributed by atoms with Crippen molar-refractivity contribution in [3.05, 3.63) is 25.3 Å². The topological polar surface area (TPSA) is 87.2 Å². The van der Waals surface area contributed by atoms with Gasteiger partial charge in [-0.25, -0.2) is 0 Å². The van der Waals surface area contributed by atoms with Crippen LogP contribution in [0.5, 0.6) is 0 Å². The van der Waals surface area contributed by atoms with Crippen molar-refractivity contribution in [2.75, 3.05) is 26.3 Å². The highest BCUT2D eigenvalue weighted by atomic mass is 32.2. The lowest BCUT2D eigenvalue weighted by Crippen LogP contribution is -2.59. The summed E-state index contributed by atoms with van der Waals surface area (Å²) < 4.78 is 5.00. The third-order valence-corrected chi connectivity index (χ3v) is 10.8. The van der Waals surface area contributed by atoms with E-state index in [-0.39, 0.29) is 48.1 Å². The van der Waals surface area contributed by atoms with Gasteiger partial charge in [-0.2, -0.15) is 0 Å². The van der Waals surface area contributed by atoms with Crippen molar-refractivity contribution in [3.8, 4) is 0 Å². The predicted octanol–water partition coefficient (Wildman–Crippen LogP) is 3.56. The minimum Gasteiger partial charge on any atom is -0.465 e. The van der Waals surface area contributed by atoms with Gasteiger partial charge < -0.3 is 19.6 Å². The van der Waals surface area contributed by atoms with Crippen LogP contribution in [0.15, 0.2) is 25.3 Å². The Balaban J connectivity index is 1.62. The molecule has 2 bridgehead atoms. The van der Waals surface area contributed by atoms with E-state index in [1.54, 1.807) is 22.7 Å². The second-order valence-corrected chi connectivity index (χ2v) is 12.4. The lowest BCUT2D eigenvalue weighted by Gasteiger charge is -2.43. The van der Waals surface area contributed by atoms with E-state index in [2.05, 4.69) is 20.1 Å². The fraction of sp³-hybridized carbons (Fsp3) is 0.750. The molecule has 200 valence electrons. The maximum atomic E-state index is 14.4. The highest BCUT2D eigenvalue weighted by Crippen LogP contribution is 2.68. The summed E-state index contributed by atoms with van der Waals surface area (Å²) in [6.07, 6.45) is 12.2. The van der Waals surface area contributed by atoms with E-state index in [0.29, 0.717) is 13.2 Å². The van der Waals surface area contributed by atoms with Crippen LogP contribution < -0.4 is 0 Å². The molecule has 4 rings (SSSR count). The highest BCUT2D eigenvalue weighted by molar-refractivity contribution is 8.02. The predicted molar refractivity (Wildman–Crippen MR) is 141 cm³/mol. The summed E-state index contributed by atoms with van der Waals surface area (Å²) in [6, 6.07) is -0.541. The first-order valence-corrected chi connectivity index (χ1v) is 14.6. The number of amides is 2. The molecule has 0 aromatic carbocycles. The first-order chi connectivity index (χ1) is 17.4. The number of hydrogen-bond donors (Lipinski definition) is 1. The van der Waals surface area contributed by atoms with E-state index in [4.69, 9.17) is 4.74 Å². The molecule has 4 aliphatic rings. The standard InChI is InChI=1S/C28H42N2O5S/c1-4-6-7-11-17-35-27(34)22-21-18-19(3)28(36-21)23(22)25(32)30(15-16-31)24(28)26(33)29(14-5-2)20-12-9-8-10-13-20/h4-5,19-24,31H,1-2,6-18H2,3H3/t19?,21-,22+,23-,24?,28?/m0/s1. The fourth-order valence-electron chi connectivity index (χ4n) is 7.18. The van der Waals surface area contributed by atoms with Crippen molar-refractivity contribution >= 4 is 29.5 Å². The van der Waals surface area contributed by atoms with Gasteiger partial charge in [-0.05, 0) is 44.4 Å². The van der Waals surface area contributed by atoms with Crippen LogP contribution in [0.1, 0.15) is 64.7 Å². The van der Waals surface area contributed by atoms with Gasteiger partial charge in [-0.1, -0.05) is 38.3 Å². The lowest BCUT2D eigenvalue weighted by molar-refractivity contribution is -0.154. The molecular formula is C28H42N2O5S. The second-order valence-electron chi connectivity index (χ2n) is 10.8. The Morgan fingerprint density at radius 1 is 1.22 bits per heavy atom. The van der Waals surface area contributed by atoms with Gasteiger partial charge in [-0.3, -0.25) is 14.4 Å². The molecule has 36 heavy (non-hydrogen) atoms. The van der Waals surface area contributed by atoms with Gasteiger partial charge in [0.1, 0.15) is 6.04 Å². The van der Waals surface area contributed by atoms with Crippen LogP contribution in [0.3, 0.4) is 0 Å². The molecule has 3 heterocycles. The Bertz CT molecular complexity index is 859. The average Bonchev–Trinajstić information content (AvgIpc) is 3.46. The molecule has 0 aromatic rings. The number of ether oxygens (including phenoxy) is 1. The number of fused-ring (bicyclic) bond motifs is 1. The largest absolute Gasteiger partial charge is 0.465 e. The third kappa shape index (κ3) is 4.64. The number of hydrogen-bond acceptors (Lipinski definition) is 6. The normalized spacial score (nSPS) is 33.4. The van der Waals surface area contributed by atoms with E-state index in [1.807, 2.05) is 11.0 Å². The number of unbranched alkanes of at least 4 members (excludes halogenated alkanes) is 2. The van der Waals surface area contributed by atoms with Crippen LogP contribution in [-0.4, -0.2) is 81.1 Å². The number of likely N-dealkylation sites (tertiary alicyclic amines) is 1. The number of thioether (sulfide) groups is 1. The molecule has 1 saturated carbocycles. The van der Waals surface area contributed by atoms with Gasteiger partial charge >= 0.3 is 5.97 Å². The minimum atomic E-state index is -0.681. The van der Waals surface area contributed by atoms with Crippen molar-refractivity contribution in [1.82, 2.24) is 9.80 Å². The van der Waals surface area contributed by atoms with E-state index in [9.17, 15) is 19.5 Å². The van der Waals surface area contributed by atoms with Crippen LogP contribution in [0, 0.1) is 17.8 Å². The summed E-state index contributed by atoms with van der Waals surface area (Å²) in [5, 5.41) is 9.83. The average molecular weight is 519 g/mol. The molecule has 8 heteroatoms. The van der Waals surface area contributed by atoms with Crippen LogP contribution in [0.25, 0.3) is 0 Å². The number of carbonyl (C=O) groups excluding carboxylic acids is 3. The summed E-state index contributed by atoms with van der Waals surface area (Å²) in [6.45, 7) is 10.4. The van der Waals surface area contributed by atoms with Gasteiger partial charge in [0.25, 0.3) is 0 Å². The van der Waals surface area contributed by atoms with E-state index in [0.717, 1.165) is 51.4 Å². The molecule has 1 N–H and O–H groups in total. The molecule has 2 amide bonds. The molecule has 3 saturated heterocycles. The first-order valence-electron chi connectivity index (χ1n) is 13.7. The number of aliphatic hydroxyl groups excluding tert-OH is 1. The second kappa shape index (κ2) is 11.7. The van der Waals surface area contributed by atoms with Crippen molar-refractivity contribution in [2.24, 2.45) is 17.8 Å². The van der Waals surface area contributed by atoms with Crippen LogP contribution >= 0.6 is 11.8 Å². The Morgan fingerprint density at radius 2 is 1.97 bits per heavy atom. The molecule has 7 nitrogen and oxygen atoms in total. The fourth-order valence-corrected chi connectivity index (χ4v) is 9.59. The van der Waals surface area contributed by atoms with Gasteiger partial charge in [0, 0.05) is 24.4 Å². The Kier molecular flexibility index (Phi) is 8.87. The summed E-state index contributed by atoms with van der Waals surface area (Å²) in [4.78, 5) is 45.1. The Hall–Kier alpha value is -1.80. The number of β-amino-alcohol motifs (C(OH)–C–C–N with tert-alkyl or cyclic N) is 1. The molecule has 1 aliphatic carbocycles. The molecule has 0 aromatic heterocycles. The number of carbonyl (C=O) groups is 3. The van der Waals surface area contributed by atoms with Crippen molar-refractivity contribution < 1.29 is 24.2 Å². The monoisotopic (exact) mass is 518 g/mol. The Labute approximate surface area is 219 Å². The maximum Gasteiger partial charge on any atom is 0.310 e. The minimum absolute atomic E-state index is 0.0243. The molecular weight excluding hydrogens is 476 g/mol. The molecule has 3 unspecified atom stereocenters. The van der Waals surface area contributed by atoms with Gasteiger partial charge in [0.15, 0.2) is 0 Å². The number of allylic oxidation sites excluding steroid dienone is 1. The summed E-state index contributed by atoms with van der Waals surface area (Å²) in [5.41, 5.74) is 0. The van der Waals surface area contributed by atoms with Crippen molar-refractivity contribution in [3.63, 3.8) is 0 Å². The van der Waals surface area contributed by atoms with Crippen LogP contribution in [-0.2, 0) is 19.1 Å². The highest BCUT2D eigenvalue weighted by Gasteiger charge is 2.76. The van der Waals surface area contributed by atoms with Crippen molar-refractivity contribution in [2.45, 2.75) is 86.8 Å². The van der Waals surface area contributed by atoms with E-state index >= 15 is 0 Å². The number of aliphatic hydroxyl groups is 1. The SMILES string of the molecule is C=CCCCCOC(=O)[C@@H]1[C@@H]2CC(C)C3(S2)C(C(=O)N(CC=C)C2CCCCC2)N(CCO)C(=O)[C@H]13. The maximum absolute atomic E-state index is 14.4. The molecule has 4 fully saturated rings. The quantitative estimate of drug-likeness (QED) is 0.242. The van der Waals surface area contributed by atoms with E-state index < -0.39 is 22.6 Å². The zero-order valence-electron chi connectivity index (χ0n) is 21.6. The van der Waals surface area contributed by atoms with Crippen molar-refractivity contribution in [1.29, 1.82) is 0 Å². The first kappa shape index (κ1) is 27.2. The third-order valence-electron chi connectivity index (χ3n) is 8.76. The molecule has 0 radical (unpaired) electrons. The van der Waals surface area contributed by atoms with Crippen LogP contribution in [0.4, 0.5) is 0 Å². The zero-order valence-corrected chi connectivity index (χ0v) is 22.4. The molecule has 6 atom stereocenters. The Morgan fingerprint density at radius 3 is 2.64 bits per heavy atom. The smallest absolute Gasteiger partial charge is 0.310 e. The number of rotatable bonds is 12. The number of nitrogens with zero attached hydrogens (tertiary/aromatic N) is 2. The summed E-state index contributed by atoms with van der Waals surface area (Å²) in [7, 11) is 0. The van der Waals surface area contributed by atoms with Gasteiger partial charge in [0.2, 0.25) is 11.8 Å². The zero-order chi connectivity index (χ0) is 25.9. The van der Waals surface area contributed by atoms with Gasteiger partial charge in [-0.15, -0.1) is 24.9 Å². The van der Waals surface area contributed by atoms with E-state index in [1.165, 1.54) is 6.42 Å². The number of esters is 1. The summed E-state index contributed by atoms with van der Waals surface area (Å²) in [5.74, 6) is -1.57. The molecule has 1 spiro atoms. The van der Waals surface area contributed by atoms with Gasteiger partial charge in [0.05, 0.1) is 29.8 Å².